The van der Waals surface area contributed by atoms with Gasteiger partial charge in [0.1, 0.15) is 18.1 Å². The number of hydrogen-bond donors (Lipinski definition) is 1. The van der Waals surface area contributed by atoms with E-state index in [9.17, 15) is 9.59 Å². The third-order valence-corrected chi connectivity index (χ3v) is 7.28. The number of fused-ring (bicyclic) bond motifs is 1. The first-order valence-electron chi connectivity index (χ1n) is 12.1. The van der Waals surface area contributed by atoms with Gasteiger partial charge in [-0.15, -0.1) is 0 Å². The van der Waals surface area contributed by atoms with Gasteiger partial charge in [-0.1, -0.05) is 12.5 Å². The van der Waals surface area contributed by atoms with Crippen LogP contribution in [0.4, 0.5) is 0 Å². The Morgan fingerprint density at radius 3 is 2.51 bits per heavy atom. The maximum atomic E-state index is 13.2. The SMILES string of the molecule is COc1ccc(-c2ccc3c(c2)CNC3=O)c(OCC2(C(=O)OC3CCOCC3)CCC2)c1OC. The third-order valence-electron chi connectivity index (χ3n) is 7.28. The van der Waals surface area contributed by atoms with Crippen LogP contribution in [0.25, 0.3) is 11.1 Å². The van der Waals surface area contributed by atoms with Crippen molar-refractivity contribution in [3.05, 3.63) is 41.5 Å². The summed E-state index contributed by atoms with van der Waals surface area (Å²) in [4.78, 5) is 25.2. The van der Waals surface area contributed by atoms with E-state index in [4.69, 9.17) is 23.7 Å². The van der Waals surface area contributed by atoms with Crippen LogP contribution in [0.15, 0.2) is 30.3 Å². The zero-order valence-corrected chi connectivity index (χ0v) is 20.2. The van der Waals surface area contributed by atoms with Crippen LogP contribution in [0.5, 0.6) is 17.2 Å². The fourth-order valence-corrected chi connectivity index (χ4v) is 4.96. The molecule has 0 unspecified atom stereocenters. The average molecular weight is 482 g/mol. The van der Waals surface area contributed by atoms with Crippen LogP contribution < -0.4 is 19.5 Å². The topological polar surface area (TPSA) is 92.3 Å². The summed E-state index contributed by atoms with van der Waals surface area (Å²) in [6, 6.07) is 9.45. The molecule has 1 saturated carbocycles. The van der Waals surface area contributed by atoms with E-state index in [0.29, 0.717) is 42.6 Å². The highest BCUT2D eigenvalue weighted by Crippen LogP contribution is 2.48. The van der Waals surface area contributed by atoms with Gasteiger partial charge in [-0.2, -0.15) is 0 Å². The summed E-state index contributed by atoms with van der Waals surface area (Å²) in [6.45, 7) is 1.92. The zero-order valence-electron chi connectivity index (χ0n) is 20.2. The van der Waals surface area contributed by atoms with Gasteiger partial charge in [-0.05, 0) is 48.2 Å². The molecule has 8 heteroatoms. The molecule has 2 heterocycles. The molecule has 0 radical (unpaired) electrons. The minimum Gasteiger partial charge on any atom is -0.493 e. The van der Waals surface area contributed by atoms with Gasteiger partial charge in [0.15, 0.2) is 11.5 Å². The smallest absolute Gasteiger partial charge is 0.315 e. The second-order valence-electron chi connectivity index (χ2n) is 9.37. The Hall–Kier alpha value is -3.26. The van der Waals surface area contributed by atoms with Crippen molar-refractivity contribution in [1.82, 2.24) is 5.32 Å². The Balaban J connectivity index is 1.43. The lowest BCUT2D eigenvalue weighted by Crippen LogP contribution is -2.46. The van der Waals surface area contributed by atoms with Gasteiger partial charge in [0.25, 0.3) is 5.91 Å². The Labute approximate surface area is 204 Å². The fourth-order valence-electron chi connectivity index (χ4n) is 4.96. The molecule has 2 aromatic carbocycles. The number of nitrogens with one attached hydrogen (secondary N) is 1. The number of rotatable bonds is 8. The van der Waals surface area contributed by atoms with Crippen molar-refractivity contribution in [2.75, 3.05) is 34.0 Å². The Kier molecular flexibility index (Phi) is 6.56. The summed E-state index contributed by atoms with van der Waals surface area (Å²) in [5, 5.41) is 2.85. The van der Waals surface area contributed by atoms with E-state index >= 15 is 0 Å². The van der Waals surface area contributed by atoms with Gasteiger partial charge in [-0.25, -0.2) is 0 Å². The second kappa shape index (κ2) is 9.77. The molecule has 2 aliphatic heterocycles. The van der Waals surface area contributed by atoms with Gasteiger partial charge in [0.2, 0.25) is 5.75 Å². The number of methoxy groups -OCH3 is 2. The molecule has 0 spiro atoms. The van der Waals surface area contributed by atoms with Crippen molar-refractivity contribution < 1.29 is 33.3 Å². The molecule has 2 aromatic rings. The monoisotopic (exact) mass is 481 g/mol. The van der Waals surface area contributed by atoms with E-state index < -0.39 is 5.41 Å². The molecule has 5 rings (SSSR count). The van der Waals surface area contributed by atoms with Crippen molar-refractivity contribution >= 4 is 11.9 Å². The fraction of sp³-hybridized carbons (Fsp3) is 0.481. The zero-order chi connectivity index (χ0) is 24.4. The van der Waals surface area contributed by atoms with Gasteiger partial charge in [-0.3, -0.25) is 9.59 Å². The predicted molar refractivity (Wildman–Crippen MR) is 128 cm³/mol. The number of carbonyl (C=O) groups is 2. The first-order valence-corrected chi connectivity index (χ1v) is 12.1. The van der Waals surface area contributed by atoms with Crippen LogP contribution in [0, 0.1) is 5.41 Å². The molecule has 35 heavy (non-hydrogen) atoms. The molecule has 2 fully saturated rings. The molecule has 1 aliphatic carbocycles. The molecular weight excluding hydrogens is 450 g/mol. The van der Waals surface area contributed by atoms with Gasteiger partial charge in [0.05, 0.1) is 27.4 Å². The normalized spacial score (nSPS) is 18.7. The van der Waals surface area contributed by atoms with E-state index in [2.05, 4.69) is 5.32 Å². The Morgan fingerprint density at radius 2 is 1.83 bits per heavy atom. The van der Waals surface area contributed by atoms with Crippen molar-refractivity contribution in [3.8, 4) is 28.4 Å². The standard InChI is InChI=1S/C27H31NO7/c1-31-22-7-6-20(17-4-5-21-18(14-17)15-28-25(21)29)23(24(22)32-2)34-16-27(10-3-11-27)26(30)35-19-8-12-33-13-9-19/h4-7,14,19H,3,8-13,15-16H2,1-2H3,(H,28,29). The first-order chi connectivity index (χ1) is 17.0. The van der Waals surface area contributed by atoms with Crippen LogP contribution in [0.2, 0.25) is 0 Å². The first kappa shape index (κ1) is 23.5. The summed E-state index contributed by atoms with van der Waals surface area (Å²) >= 11 is 0. The Bertz CT molecular complexity index is 1120. The number of amides is 1. The largest absolute Gasteiger partial charge is 0.493 e. The Morgan fingerprint density at radius 1 is 1.06 bits per heavy atom. The summed E-state index contributed by atoms with van der Waals surface area (Å²) < 4.78 is 28.9. The molecule has 1 N–H and O–H groups in total. The lowest BCUT2D eigenvalue weighted by molar-refractivity contribution is -0.174. The minimum absolute atomic E-state index is 0.0645. The van der Waals surface area contributed by atoms with Crippen LogP contribution in [0.3, 0.4) is 0 Å². The number of esters is 1. The highest BCUT2D eigenvalue weighted by molar-refractivity contribution is 5.99. The molecule has 1 amide bonds. The van der Waals surface area contributed by atoms with Crippen LogP contribution in [0.1, 0.15) is 48.0 Å². The van der Waals surface area contributed by atoms with Crippen molar-refractivity contribution in [1.29, 1.82) is 0 Å². The molecule has 1 saturated heterocycles. The number of benzene rings is 2. The lowest BCUT2D eigenvalue weighted by Gasteiger charge is -2.40. The number of carbonyl (C=O) groups excluding carboxylic acids is 2. The maximum absolute atomic E-state index is 13.2. The summed E-state index contributed by atoms with van der Waals surface area (Å²) in [5.41, 5.74) is 2.64. The molecule has 3 aliphatic rings. The van der Waals surface area contributed by atoms with Crippen LogP contribution >= 0.6 is 0 Å². The molecular formula is C27H31NO7. The summed E-state index contributed by atoms with van der Waals surface area (Å²) in [6.07, 6.45) is 3.77. The van der Waals surface area contributed by atoms with E-state index in [0.717, 1.165) is 48.8 Å². The van der Waals surface area contributed by atoms with Gasteiger partial charge >= 0.3 is 5.97 Å². The van der Waals surface area contributed by atoms with Crippen molar-refractivity contribution in [3.63, 3.8) is 0 Å². The molecule has 0 aromatic heterocycles. The minimum atomic E-state index is -0.669. The summed E-state index contributed by atoms with van der Waals surface area (Å²) in [5.74, 6) is 1.25. The van der Waals surface area contributed by atoms with Crippen molar-refractivity contribution in [2.24, 2.45) is 5.41 Å². The molecule has 0 atom stereocenters. The molecule has 8 nitrogen and oxygen atoms in total. The summed E-state index contributed by atoms with van der Waals surface area (Å²) in [7, 11) is 3.14. The van der Waals surface area contributed by atoms with Gasteiger partial charge in [0, 0.05) is 30.5 Å². The van der Waals surface area contributed by atoms with E-state index in [1.165, 1.54) is 0 Å². The number of ether oxygens (including phenoxy) is 5. The average Bonchev–Trinajstić information content (AvgIpc) is 3.23. The third kappa shape index (κ3) is 4.43. The predicted octanol–water partition coefficient (Wildman–Crippen LogP) is 3.89. The molecule has 186 valence electrons. The quantitative estimate of drug-likeness (QED) is 0.572. The van der Waals surface area contributed by atoms with E-state index in [-0.39, 0.29) is 24.6 Å². The van der Waals surface area contributed by atoms with Crippen LogP contribution in [-0.4, -0.2) is 52.0 Å². The van der Waals surface area contributed by atoms with Gasteiger partial charge < -0.3 is 29.0 Å². The second-order valence-corrected chi connectivity index (χ2v) is 9.37. The maximum Gasteiger partial charge on any atom is 0.315 e. The van der Waals surface area contributed by atoms with Crippen LogP contribution in [-0.2, 0) is 20.8 Å². The van der Waals surface area contributed by atoms with E-state index in [1.807, 2.05) is 30.3 Å². The molecule has 0 bridgehead atoms. The number of hydrogen-bond acceptors (Lipinski definition) is 7. The van der Waals surface area contributed by atoms with E-state index in [1.54, 1.807) is 14.2 Å². The highest BCUT2D eigenvalue weighted by Gasteiger charge is 2.47. The lowest BCUT2D eigenvalue weighted by atomic mass is 9.69. The van der Waals surface area contributed by atoms with Crippen molar-refractivity contribution in [2.45, 2.75) is 44.8 Å². The highest BCUT2D eigenvalue weighted by atomic mass is 16.6.